The molecular weight excluding hydrogens is 273 g/mol. The Balaban J connectivity index is 3.11. The monoisotopic (exact) mass is 287 g/mol. The van der Waals surface area contributed by atoms with Crippen molar-refractivity contribution < 1.29 is 28.7 Å². The molecule has 1 rings (SSSR count). The van der Waals surface area contributed by atoms with Gasteiger partial charge in [-0.05, 0) is 13.8 Å². The highest BCUT2D eigenvalue weighted by atomic mass is 19.1. The molecule has 0 aliphatic rings. The molecule has 0 saturated heterocycles. The van der Waals surface area contributed by atoms with E-state index in [0.29, 0.717) is 12.7 Å². The van der Waals surface area contributed by atoms with Gasteiger partial charge in [-0.25, -0.2) is 9.18 Å². The van der Waals surface area contributed by atoms with Crippen molar-refractivity contribution in [2.45, 2.75) is 20.0 Å². The summed E-state index contributed by atoms with van der Waals surface area (Å²) in [4.78, 5) is 20.8. The van der Waals surface area contributed by atoms with Gasteiger partial charge in [-0.15, -0.1) is 0 Å². The van der Waals surface area contributed by atoms with Crippen molar-refractivity contribution in [3.63, 3.8) is 0 Å². The van der Waals surface area contributed by atoms with Crippen LogP contribution in [0.25, 0.3) is 0 Å². The molecule has 0 spiro atoms. The van der Waals surface area contributed by atoms with Gasteiger partial charge in [0.2, 0.25) is 0 Å². The SMILES string of the molecule is CCOCC(C)Oc1cc(C(=O)O)c(F)cc1[N+](=O)[O-]. The first-order valence-corrected chi connectivity index (χ1v) is 5.82. The molecule has 1 unspecified atom stereocenters. The molecule has 7 nitrogen and oxygen atoms in total. The number of hydrogen-bond donors (Lipinski definition) is 1. The Hall–Kier alpha value is -2.22. The third kappa shape index (κ3) is 3.89. The van der Waals surface area contributed by atoms with Crippen LogP contribution in [-0.2, 0) is 4.74 Å². The molecule has 0 heterocycles. The van der Waals surface area contributed by atoms with Crippen LogP contribution >= 0.6 is 0 Å². The first-order chi connectivity index (χ1) is 9.36. The van der Waals surface area contributed by atoms with Crippen LogP contribution in [0.4, 0.5) is 10.1 Å². The quantitative estimate of drug-likeness (QED) is 0.610. The van der Waals surface area contributed by atoms with Crippen molar-refractivity contribution in [3.8, 4) is 5.75 Å². The third-order valence-electron chi connectivity index (χ3n) is 2.36. The number of nitro groups is 1. The largest absolute Gasteiger partial charge is 0.481 e. The molecule has 0 radical (unpaired) electrons. The van der Waals surface area contributed by atoms with Crippen LogP contribution in [0.1, 0.15) is 24.2 Å². The predicted molar refractivity (Wildman–Crippen MR) is 66.6 cm³/mol. The molecule has 20 heavy (non-hydrogen) atoms. The molecule has 0 aliphatic carbocycles. The van der Waals surface area contributed by atoms with E-state index in [2.05, 4.69) is 0 Å². The van der Waals surface area contributed by atoms with Gasteiger partial charge in [0.1, 0.15) is 11.9 Å². The fourth-order valence-electron chi connectivity index (χ4n) is 1.48. The summed E-state index contributed by atoms with van der Waals surface area (Å²) in [5.74, 6) is -3.02. The van der Waals surface area contributed by atoms with Crippen LogP contribution in [0, 0.1) is 15.9 Å². The summed E-state index contributed by atoms with van der Waals surface area (Å²) in [6.45, 7) is 3.99. The molecule has 0 bridgehead atoms. The van der Waals surface area contributed by atoms with E-state index in [1.165, 1.54) is 0 Å². The molecule has 1 atom stereocenters. The van der Waals surface area contributed by atoms with Gasteiger partial charge in [0.25, 0.3) is 0 Å². The van der Waals surface area contributed by atoms with Gasteiger partial charge in [-0.3, -0.25) is 10.1 Å². The Labute approximate surface area is 114 Å². The van der Waals surface area contributed by atoms with E-state index in [1.54, 1.807) is 13.8 Å². The number of carbonyl (C=O) groups is 1. The van der Waals surface area contributed by atoms with Crippen molar-refractivity contribution in [1.29, 1.82) is 0 Å². The number of halogens is 1. The zero-order valence-corrected chi connectivity index (χ0v) is 11.0. The molecule has 0 aliphatic heterocycles. The fourth-order valence-corrected chi connectivity index (χ4v) is 1.48. The van der Waals surface area contributed by atoms with Crippen molar-refractivity contribution in [2.24, 2.45) is 0 Å². The fraction of sp³-hybridized carbons (Fsp3) is 0.417. The van der Waals surface area contributed by atoms with Crippen LogP contribution < -0.4 is 4.74 Å². The molecule has 0 amide bonds. The highest BCUT2D eigenvalue weighted by molar-refractivity contribution is 5.89. The van der Waals surface area contributed by atoms with Crippen molar-refractivity contribution in [2.75, 3.05) is 13.2 Å². The number of benzene rings is 1. The zero-order valence-electron chi connectivity index (χ0n) is 11.0. The summed E-state index contributed by atoms with van der Waals surface area (Å²) in [5.41, 5.74) is -1.31. The number of nitrogens with zero attached hydrogens (tertiary/aromatic N) is 1. The molecule has 1 aromatic rings. The summed E-state index contributed by atoms with van der Waals surface area (Å²) in [6.07, 6.45) is -0.541. The number of ether oxygens (including phenoxy) is 2. The van der Waals surface area contributed by atoms with Gasteiger partial charge in [0.05, 0.1) is 23.2 Å². The van der Waals surface area contributed by atoms with E-state index in [-0.39, 0.29) is 12.4 Å². The van der Waals surface area contributed by atoms with Gasteiger partial charge in [0.15, 0.2) is 5.75 Å². The van der Waals surface area contributed by atoms with E-state index >= 15 is 0 Å². The van der Waals surface area contributed by atoms with Crippen LogP contribution in [0.15, 0.2) is 12.1 Å². The predicted octanol–water partition coefficient (Wildman–Crippen LogP) is 2.24. The topological polar surface area (TPSA) is 98.9 Å². The first kappa shape index (κ1) is 15.8. The molecule has 0 fully saturated rings. The lowest BCUT2D eigenvalue weighted by atomic mass is 10.1. The summed E-state index contributed by atoms with van der Waals surface area (Å²) < 4.78 is 23.8. The van der Waals surface area contributed by atoms with Crippen LogP contribution in [-0.4, -0.2) is 35.3 Å². The average Bonchev–Trinajstić information content (AvgIpc) is 2.37. The summed E-state index contributed by atoms with van der Waals surface area (Å²) >= 11 is 0. The highest BCUT2D eigenvalue weighted by Crippen LogP contribution is 2.31. The lowest BCUT2D eigenvalue weighted by molar-refractivity contribution is -0.386. The van der Waals surface area contributed by atoms with Crippen LogP contribution in [0.2, 0.25) is 0 Å². The van der Waals surface area contributed by atoms with E-state index in [0.717, 1.165) is 6.07 Å². The summed E-state index contributed by atoms with van der Waals surface area (Å²) in [6, 6.07) is 1.34. The minimum atomic E-state index is -1.53. The minimum absolute atomic E-state index is 0.174. The standard InChI is InChI=1S/C12H14FNO6/c1-3-19-6-7(2)20-11-4-8(12(15)16)9(13)5-10(11)14(17)18/h4-5,7H,3,6H2,1-2H3,(H,15,16). The zero-order chi connectivity index (χ0) is 15.3. The minimum Gasteiger partial charge on any atom is -0.481 e. The Morgan fingerprint density at radius 1 is 1.55 bits per heavy atom. The average molecular weight is 287 g/mol. The molecule has 8 heteroatoms. The van der Waals surface area contributed by atoms with Crippen LogP contribution in [0.5, 0.6) is 5.75 Å². The second-order valence-electron chi connectivity index (χ2n) is 3.95. The number of carboxylic acids is 1. The van der Waals surface area contributed by atoms with Crippen molar-refractivity contribution in [3.05, 3.63) is 33.6 Å². The van der Waals surface area contributed by atoms with Gasteiger partial charge in [-0.1, -0.05) is 0 Å². The number of carboxylic acid groups (broad SMARTS) is 1. The van der Waals surface area contributed by atoms with Crippen molar-refractivity contribution >= 4 is 11.7 Å². The summed E-state index contributed by atoms with van der Waals surface area (Å²) in [5, 5.41) is 19.6. The van der Waals surface area contributed by atoms with Gasteiger partial charge in [0, 0.05) is 12.7 Å². The van der Waals surface area contributed by atoms with Crippen LogP contribution in [0.3, 0.4) is 0 Å². The Bertz CT molecular complexity index is 519. The van der Waals surface area contributed by atoms with E-state index in [1.807, 2.05) is 0 Å². The normalized spacial score (nSPS) is 11.9. The maximum absolute atomic E-state index is 13.4. The molecule has 0 saturated carbocycles. The highest BCUT2D eigenvalue weighted by Gasteiger charge is 2.24. The number of rotatable bonds is 7. The summed E-state index contributed by atoms with van der Waals surface area (Å²) in [7, 11) is 0. The number of aromatic carboxylic acids is 1. The lowest BCUT2D eigenvalue weighted by Crippen LogP contribution is -2.20. The molecule has 110 valence electrons. The molecule has 1 N–H and O–H groups in total. The third-order valence-corrected chi connectivity index (χ3v) is 2.36. The van der Waals surface area contributed by atoms with E-state index in [9.17, 15) is 19.3 Å². The molecule has 0 aromatic heterocycles. The Morgan fingerprint density at radius 3 is 2.70 bits per heavy atom. The van der Waals surface area contributed by atoms with Gasteiger partial charge < -0.3 is 14.6 Å². The lowest BCUT2D eigenvalue weighted by Gasteiger charge is -2.15. The maximum atomic E-state index is 13.4. The first-order valence-electron chi connectivity index (χ1n) is 5.82. The maximum Gasteiger partial charge on any atom is 0.338 e. The smallest absolute Gasteiger partial charge is 0.338 e. The van der Waals surface area contributed by atoms with Gasteiger partial charge in [-0.2, -0.15) is 0 Å². The van der Waals surface area contributed by atoms with Gasteiger partial charge >= 0.3 is 11.7 Å². The Morgan fingerprint density at radius 2 is 2.20 bits per heavy atom. The second-order valence-corrected chi connectivity index (χ2v) is 3.95. The number of nitro benzene ring substituents is 1. The molecule has 1 aromatic carbocycles. The van der Waals surface area contributed by atoms with E-state index in [4.69, 9.17) is 14.6 Å². The Kier molecular flexibility index (Phi) is 5.39. The molecular formula is C12H14FNO6. The van der Waals surface area contributed by atoms with E-state index < -0.39 is 34.1 Å². The van der Waals surface area contributed by atoms with Crippen molar-refractivity contribution in [1.82, 2.24) is 0 Å². The number of hydrogen-bond acceptors (Lipinski definition) is 5. The second kappa shape index (κ2) is 6.80.